The van der Waals surface area contributed by atoms with Gasteiger partial charge in [0.05, 0.1) is 11.7 Å². The maximum absolute atomic E-state index is 13.0. The van der Waals surface area contributed by atoms with Gasteiger partial charge in [-0.05, 0) is 49.4 Å². The zero-order chi connectivity index (χ0) is 17.3. The number of aryl methyl sites for hydroxylation is 2. The minimum absolute atomic E-state index is 0.0434. The van der Waals surface area contributed by atoms with Crippen molar-refractivity contribution in [3.63, 3.8) is 0 Å². The first-order chi connectivity index (χ1) is 11.4. The molecule has 126 valence electrons. The molecule has 1 aliphatic carbocycles. The number of benzene rings is 1. The van der Waals surface area contributed by atoms with Crippen molar-refractivity contribution in [2.24, 2.45) is 13.0 Å². The van der Waals surface area contributed by atoms with Gasteiger partial charge in [0, 0.05) is 19.0 Å². The summed E-state index contributed by atoms with van der Waals surface area (Å²) in [6, 6.07) is 7.49. The van der Waals surface area contributed by atoms with E-state index >= 15 is 0 Å². The number of hydrogen-bond donors (Lipinski definition) is 1. The summed E-state index contributed by atoms with van der Waals surface area (Å²) in [6.45, 7) is 1.87. The lowest BCUT2D eigenvalue weighted by Crippen LogP contribution is -2.36. The molecular weight excluding hydrogens is 309 g/mol. The number of carbonyl (C=O) groups is 1. The fourth-order valence-electron chi connectivity index (χ4n) is 3.08. The first-order valence-electron chi connectivity index (χ1n) is 8.06. The Morgan fingerprint density at radius 3 is 2.79 bits per heavy atom. The van der Waals surface area contributed by atoms with E-state index in [-0.39, 0.29) is 29.2 Å². The SMILES string of the molecule is C[C@@H](NC(=O)[C@H]1CCc2nn(C)c(=O)cc2C1)c1ccc(F)cc1. The third-order valence-corrected chi connectivity index (χ3v) is 4.55. The third-order valence-electron chi connectivity index (χ3n) is 4.55. The molecule has 0 saturated carbocycles. The summed E-state index contributed by atoms with van der Waals surface area (Å²) in [6.07, 6.45) is 1.92. The molecule has 2 aromatic rings. The van der Waals surface area contributed by atoms with Crippen LogP contribution in [0.4, 0.5) is 4.39 Å². The Balaban J connectivity index is 1.68. The van der Waals surface area contributed by atoms with Gasteiger partial charge in [0.1, 0.15) is 5.82 Å². The average molecular weight is 329 g/mol. The van der Waals surface area contributed by atoms with E-state index in [4.69, 9.17) is 0 Å². The average Bonchev–Trinajstić information content (AvgIpc) is 2.56. The lowest BCUT2D eigenvalue weighted by Gasteiger charge is -2.25. The van der Waals surface area contributed by atoms with Crippen LogP contribution >= 0.6 is 0 Å². The minimum Gasteiger partial charge on any atom is -0.349 e. The van der Waals surface area contributed by atoms with Crippen LogP contribution in [0.25, 0.3) is 0 Å². The van der Waals surface area contributed by atoms with Gasteiger partial charge in [-0.25, -0.2) is 9.07 Å². The zero-order valence-electron chi connectivity index (χ0n) is 13.8. The van der Waals surface area contributed by atoms with Crippen LogP contribution in [0.15, 0.2) is 35.1 Å². The molecule has 6 heteroatoms. The second-order valence-electron chi connectivity index (χ2n) is 6.30. The summed E-state index contributed by atoms with van der Waals surface area (Å²) < 4.78 is 14.3. The quantitative estimate of drug-likeness (QED) is 0.935. The summed E-state index contributed by atoms with van der Waals surface area (Å²) >= 11 is 0. The smallest absolute Gasteiger partial charge is 0.266 e. The monoisotopic (exact) mass is 329 g/mol. The Labute approximate surface area is 139 Å². The van der Waals surface area contributed by atoms with E-state index in [0.29, 0.717) is 19.3 Å². The number of amides is 1. The van der Waals surface area contributed by atoms with E-state index in [1.807, 2.05) is 6.92 Å². The Bertz CT molecular complexity index is 814. The van der Waals surface area contributed by atoms with Crippen molar-refractivity contribution in [3.05, 3.63) is 63.3 Å². The van der Waals surface area contributed by atoms with Gasteiger partial charge in [0.25, 0.3) is 5.56 Å². The highest BCUT2D eigenvalue weighted by Gasteiger charge is 2.27. The van der Waals surface area contributed by atoms with Crippen LogP contribution in [0.5, 0.6) is 0 Å². The molecule has 2 atom stereocenters. The van der Waals surface area contributed by atoms with Crippen molar-refractivity contribution in [1.82, 2.24) is 15.1 Å². The molecular formula is C18H20FN3O2. The molecule has 5 nitrogen and oxygen atoms in total. The van der Waals surface area contributed by atoms with Crippen molar-refractivity contribution in [1.29, 1.82) is 0 Å². The Kier molecular flexibility index (Phi) is 4.46. The van der Waals surface area contributed by atoms with Gasteiger partial charge in [-0.2, -0.15) is 5.10 Å². The predicted molar refractivity (Wildman–Crippen MR) is 88.0 cm³/mol. The van der Waals surface area contributed by atoms with E-state index in [1.165, 1.54) is 16.8 Å². The van der Waals surface area contributed by atoms with Crippen molar-refractivity contribution in [3.8, 4) is 0 Å². The standard InChI is InChI=1S/C18H20FN3O2/c1-11(12-3-6-15(19)7-4-12)20-18(24)13-5-8-16-14(9-13)10-17(23)22(2)21-16/h3-4,6-7,10-11,13H,5,8-9H2,1-2H3,(H,20,24)/t11-,13+/m1/s1. The predicted octanol–water partition coefficient (Wildman–Crippen LogP) is 1.90. The summed E-state index contributed by atoms with van der Waals surface area (Å²) in [5, 5.41) is 7.24. The minimum atomic E-state index is -0.296. The number of nitrogens with zero attached hydrogens (tertiary/aromatic N) is 2. The van der Waals surface area contributed by atoms with Gasteiger partial charge in [0.2, 0.25) is 5.91 Å². The molecule has 0 fully saturated rings. The Morgan fingerprint density at radius 1 is 1.38 bits per heavy atom. The highest BCUT2D eigenvalue weighted by atomic mass is 19.1. The first kappa shape index (κ1) is 16.4. The fourth-order valence-corrected chi connectivity index (χ4v) is 3.08. The van der Waals surface area contributed by atoms with Gasteiger partial charge in [-0.15, -0.1) is 0 Å². The van der Waals surface area contributed by atoms with E-state index < -0.39 is 0 Å². The molecule has 24 heavy (non-hydrogen) atoms. The van der Waals surface area contributed by atoms with Crippen LogP contribution in [-0.2, 0) is 24.7 Å². The van der Waals surface area contributed by atoms with Crippen LogP contribution < -0.4 is 10.9 Å². The molecule has 1 heterocycles. The summed E-state index contributed by atoms with van der Waals surface area (Å²) in [4.78, 5) is 24.2. The molecule has 0 unspecified atom stereocenters. The number of rotatable bonds is 3. The molecule has 3 rings (SSSR count). The van der Waals surface area contributed by atoms with Crippen molar-refractivity contribution in [2.45, 2.75) is 32.2 Å². The van der Waals surface area contributed by atoms with Crippen LogP contribution in [0, 0.1) is 11.7 Å². The summed E-state index contributed by atoms with van der Waals surface area (Å²) in [5.74, 6) is -0.511. The number of hydrogen-bond acceptors (Lipinski definition) is 3. The molecule has 0 saturated heterocycles. The molecule has 1 aromatic carbocycles. The molecule has 0 bridgehead atoms. The first-order valence-corrected chi connectivity index (χ1v) is 8.06. The number of fused-ring (bicyclic) bond motifs is 1. The topological polar surface area (TPSA) is 64.0 Å². The molecule has 1 amide bonds. The van der Waals surface area contributed by atoms with Crippen LogP contribution in [0.1, 0.15) is 36.2 Å². The highest BCUT2D eigenvalue weighted by molar-refractivity contribution is 5.79. The van der Waals surface area contributed by atoms with Crippen LogP contribution in [-0.4, -0.2) is 15.7 Å². The Morgan fingerprint density at radius 2 is 2.08 bits per heavy atom. The number of carbonyl (C=O) groups excluding carboxylic acids is 1. The number of halogens is 1. The zero-order valence-corrected chi connectivity index (χ0v) is 13.8. The van der Waals surface area contributed by atoms with Crippen LogP contribution in [0.3, 0.4) is 0 Å². The molecule has 1 aliphatic rings. The molecule has 0 radical (unpaired) electrons. The van der Waals surface area contributed by atoms with Gasteiger partial charge >= 0.3 is 0 Å². The third kappa shape index (κ3) is 3.37. The van der Waals surface area contributed by atoms with Gasteiger partial charge in [0.15, 0.2) is 0 Å². The van der Waals surface area contributed by atoms with Gasteiger partial charge in [-0.3, -0.25) is 9.59 Å². The number of nitrogens with one attached hydrogen (secondary N) is 1. The molecule has 1 N–H and O–H groups in total. The summed E-state index contributed by atoms with van der Waals surface area (Å²) in [7, 11) is 1.63. The maximum Gasteiger partial charge on any atom is 0.266 e. The Hall–Kier alpha value is -2.50. The van der Waals surface area contributed by atoms with E-state index in [9.17, 15) is 14.0 Å². The largest absolute Gasteiger partial charge is 0.349 e. The van der Waals surface area contributed by atoms with Gasteiger partial charge < -0.3 is 5.32 Å². The van der Waals surface area contributed by atoms with Crippen molar-refractivity contribution >= 4 is 5.91 Å². The number of aromatic nitrogens is 2. The second-order valence-corrected chi connectivity index (χ2v) is 6.30. The second kappa shape index (κ2) is 6.55. The van der Waals surface area contributed by atoms with Gasteiger partial charge in [-0.1, -0.05) is 12.1 Å². The van der Waals surface area contributed by atoms with E-state index in [0.717, 1.165) is 16.8 Å². The normalized spacial score (nSPS) is 17.9. The highest BCUT2D eigenvalue weighted by Crippen LogP contribution is 2.24. The van der Waals surface area contributed by atoms with E-state index in [1.54, 1.807) is 25.2 Å². The lowest BCUT2D eigenvalue weighted by molar-refractivity contribution is -0.126. The molecule has 1 aromatic heterocycles. The van der Waals surface area contributed by atoms with Crippen molar-refractivity contribution < 1.29 is 9.18 Å². The summed E-state index contributed by atoms with van der Waals surface area (Å²) in [5.41, 5.74) is 2.46. The molecule has 0 aliphatic heterocycles. The molecule has 0 spiro atoms. The van der Waals surface area contributed by atoms with Crippen molar-refractivity contribution in [2.75, 3.05) is 0 Å². The maximum atomic E-state index is 13.0. The van der Waals surface area contributed by atoms with E-state index in [2.05, 4.69) is 10.4 Å². The lowest BCUT2D eigenvalue weighted by atomic mass is 9.86. The fraction of sp³-hybridized carbons (Fsp3) is 0.389. The van der Waals surface area contributed by atoms with Crippen LogP contribution in [0.2, 0.25) is 0 Å².